The van der Waals surface area contributed by atoms with Gasteiger partial charge in [-0.1, -0.05) is 30.3 Å². The van der Waals surface area contributed by atoms with Gasteiger partial charge in [-0.05, 0) is 24.1 Å². The molecule has 4 heteroatoms. The van der Waals surface area contributed by atoms with Crippen LogP contribution < -0.4 is 5.32 Å². The second-order valence-corrected chi connectivity index (χ2v) is 4.46. The van der Waals surface area contributed by atoms with Gasteiger partial charge in [0.2, 0.25) is 0 Å². The Bertz CT molecular complexity index is 485. The number of rotatable bonds is 6. The zero-order valence-electron chi connectivity index (χ0n) is 10.7. The summed E-state index contributed by atoms with van der Waals surface area (Å²) in [5.74, 6) is 0.159. The molecule has 2 aromatic rings. The fraction of sp³-hybridized carbons (Fsp3) is 0.267. The van der Waals surface area contributed by atoms with Crippen LogP contribution in [-0.4, -0.2) is 27.8 Å². The molecule has 0 aliphatic carbocycles. The number of hydrogen-bond acceptors (Lipinski definition) is 4. The van der Waals surface area contributed by atoms with Crippen molar-refractivity contribution in [3.8, 4) is 5.75 Å². The monoisotopic (exact) mass is 258 g/mol. The molecule has 0 saturated carbocycles. The molecule has 2 rings (SSSR count). The average Bonchev–Trinajstić information content (AvgIpc) is 2.46. The molecule has 0 aliphatic rings. The van der Waals surface area contributed by atoms with Gasteiger partial charge in [0.1, 0.15) is 5.75 Å². The van der Waals surface area contributed by atoms with Crippen LogP contribution in [0.3, 0.4) is 0 Å². The second-order valence-electron chi connectivity index (χ2n) is 4.46. The maximum absolute atomic E-state index is 9.39. The van der Waals surface area contributed by atoms with Crippen molar-refractivity contribution in [2.45, 2.75) is 19.0 Å². The van der Waals surface area contributed by atoms with Crippen LogP contribution in [0.4, 0.5) is 0 Å². The number of aromatic hydroxyl groups is 1. The lowest BCUT2D eigenvalue weighted by Crippen LogP contribution is -2.34. The predicted octanol–water partition coefficient (Wildman–Crippen LogP) is 1.48. The van der Waals surface area contributed by atoms with Gasteiger partial charge in [0.05, 0.1) is 18.5 Å². The predicted molar refractivity (Wildman–Crippen MR) is 73.8 cm³/mol. The lowest BCUT2D eigenvalue weighted by atomic mass is 10.1. The highest BCUT2D eigenvalue weighted by atomic mass is 16.3. The summed E-state index contributed by atoms with van der Waals surface area (Å²) in [4.78, 5) is 4.10. The Balaban J connectivity index is 1.87. The number of benzene rings is 1. The number of nitrogens with one attached hydrogen (secondary N) is 1. The van der Waals surface area contributed by atoms with E-state index < -0.39 is 0 Å². The van der Waals surface area contributed by atoms with Gasteiger partial charge in [0, 0.05) is 12.6 Å². The molecular weight excluding hydrogens is 240 g/mol. The molecule has 100 valence electrons. The summed E-state index contributed by atoms with van der Waals surface area (Å²) in [7, 11) is 0. The summed E-state index contributed by atoms with van der Waals surface area (Å²) >= 11 is 0. The molecule has 19 heavy (non-hydrogen) atoms. The smallest absolute Gasteiger partial charge is 0.133 e. The van der Waals surface area contributed by atoms with Gasteiger partial charge in [-0.2, -0.15) is 0 Å². The van der Waals surface area contributed by atoms with Crippen molar-refractivity contribution in [3.05, 3.63) is 59.9 Å². The first-order valence-corrected chi connectivity index (χ1v) is 6.30. The van der Waals surface area contributed by atoms with Crippen LogP contribution in [-0.2, 0) is 13.0 Å². The molecule has 1 unspecified atom stereocenters. The van der Waals surface area contributed by atoms with Crippen molar-refractivity contribution in [1.29, 1.82) is 0 Å². The molecule has 0 bridgehead atoms. The molecule has 0 fully saturated rings. The molecule has 0 amide bonds. The molecule has 1 aromatic heterocycles. The molecule has 0 spiro atoms. The van der Waals surface area contributed by atoms with Crippen LogP contribution >= 0.6 is 0 Å². The number of aliphatic hydroxyl groups is 1. The SMILES string of the molecule is OCC(Cc1ccccc1)NCc1ccc(O)cn1. The van der Waals surface area contributed by atoms with E-state index in [9.17, 15) is 5.11 Å². The van der Waals surface area contributed by atoms with E-state index in [2.05, 4.69) is 10.3 Å². The highest BCUT2D eigenvalue weighted by molar-refractivity contribution is 5.18. The molecule has 1 atom stereocenters. The maximum Gasteiger partial charge on any atom is 0.133 e. The van der Waals surface area contributed by atoms with Crippen LogP contribution in [0.5, 0.6) is 5.75 Å². The summed E-state index contributed by atoms with van der Waals surface area (Å²) in [6, 6.07) is 13.4. The molecule has 3 N–H and O–H groups in total. The number of aromatic nitrogens is 1. The maximum atomic E-state index is 9.39. The lowest BCUT2D eigenvalue weighted by molar-refractivity contribution is 0.240. The Kier molecular flexibility index (Phi) is 4.89. The van der Waals surface area contributed by atoms with Gasteiger partial charge in [-0.3, -0.25) is 4.98 Å². The average molecular weight is 258 g/mol. The van der Waals surface area contributed by atoms with Gasteiger partial charge >= 0.3 is 0 Å². The Morgan fingerprint density at radius 1 is 1.11 bits per heavy atom. The standard InChI is InChI=1S/C15H18N2O2/c18-11-14(8-12-4-2-1-3-5-12)16-9-13-6-7-15(19)10-17-13/h1-7,10,14,16,18-19H,8-9,11H2. The fourth-order valence-electron chi connectivity index (χ4n) is 1.87. The quantitative estimate of drug-likeness (QED) is 0.734. The van der Waals surface area contributed by atoms with Crippen LogP contribution in [0, 0.1) is 0 Å². The normalized spacial score (nSPS) is 12.3. The van der Waals surface area contributed by atoms with Crippen molar-refractivity contribution in [1.82, 2.24) is 10.3 Å². The molecule has 1 heterocycles. The van der Waals surface area contributed by atoms with E-state index in [1.165, 1.54) is 11.8 Å². The van der Waals surface area contributed by atoms with Crippen molar-refractivity contribution in [3.63, 3.8) is 0 Å². The fourth-order valence-corrected chi connectivity index (χ4v) is 1.87. The summed E-state index contributed by atoms with van der Waals surface area (Å²) < 4.78 is 0. The summed E-state index contributed by atoms with van der Waals surface area (Å²) in [6.07, 6.45) is 2.19. The Hall–Kier alpha value is -1.91. The van der Waals surface area contributed by atoms with Crippen molar-refractivity contribution in [2.75, 3.05) is 6.61 Å². The number of pyridine rings is 1. The molecular formula is C15H18N2O2. The van der Waals surface area contributed by atoms with E-state index in [0.717, 1.165) is 12.1 Å². The second kappa shape index (κ2) is 6.87. The van der Waals surface area contributed by atoms with Gasteiger partial charge in [-0.25, -0.2) is 0 Å². The van der Waals surface area contributed by atoms with Gasteiger partial charge in [0.25, 0.3) is 0 Å². The first-order chi connectivity index (χ1) is 9.28. The van der Waals surface area contributed by atoms with Crippen molar-refractivity contribution >= 4 is 0 Å². The van der Waals surface area contributed by atoms with Gasteiger partial charge in [0.15, 0.2) is 0 Å². The molecule has 1 aromatic carbocycles. The number of nitrogens with zero attached hydrogens (tertiary/aromatic N) is 1. The summed E-state index contributed by atoms with van der Waals surface area (Å²) in [5.41, 5.74) is 2.03. The number of hydrogen-bond donors (Lipinski definition) is 3. The van der Waals surface area contributed by atoms with Crippen LogP contribution in [0.2, 0.25) is 0 Å². The summed E-state index contributed by atoms with van der Waals surface area (Å²) in [6.45, 7) is 0.644. The minimum absolute atomic E-state index is 0.00185. The zero-order chi connectivity index (χ0) is 13.5. The number of aliphatic hydroxyl groups excluding tert-OH is 1. The third kappa shape index (κ3) is 4.35. The third-order valence-electron chi connectivity index (χ3n) is 2.93. The molecule has 0 radical (unpaired) electrons. The van der Waals surface area contributed by atoms with Crippen LogP contribution in [0.1, 0.15) is 11.3 Å². The van der Waals surface area contributed by atoms with Gasteiger partial charge < -0.3 is 15.5 Å². The Morgan fingerprint density at radius 2 is 1.89 bits per heavy atom. The first kappa shape index (κ1) is 13.5. The van der Waals surface area contributed by atoms with E-state index in [-0.39, 0.29) is 18.4 Å². The minimum atomic E-state index is -0.00185. The third-order valence-corrected chi connectivity index (χ3v) is 2.93. The van der Waals surface area contributed by atoms with Crippen molar-refractivity contribution < 1.29 is 10.2 Å². The lowest BCUT2D eigenvalue weighted by Gasteiger charge is -2.16. The molecule has 0 aliphatic heterocycles. The van der Waals surface area contributed by atoms with E-state index >= 15 is 0 Å². The zero-order valence-corrected chi connectivity index (χ0v) is 10.7. The molecule has 4 nitrogen and oxygen atoms in total. The van der Waals surface area contributed by atoms with E-state index in [4.69, 9.17) is 5.11 Å². The highest BCUT2D eigenvalue weighted by Crippen LogP contribution is 2.07. The van der Waals surface area contributed by atoms with E-state index in [0.29, 0.717) is 6.54 Å². The summed E-state index contributed by atoms with van der Waals surface area (Å²) in [5, 5.41) is 21.8. The highest BCUT2D eigenvalue weighted by Gasteiger charge is 2.08. The Morgan fingerprint density at radius 3 is 2.53 bits per heavy atom. The van der Waals surface area contributed by atoms with Crippen LogP contribution in [0.15, 0.2) is 48.7 Å². The van der Waals surface area contributed by atoms with Gasteiger partial charge in [-0.15, -0.1) is 0 Å². The van der Waals surface area contributed by atoms with E-state index in [1.807, 2.05) is 30.3 Å². The van der Waals surface area contributed by atoms with Crippen molar-refractivity contribution in [2.24, 2.45) is 0 Å². The van der Waals surface area contributed by atoms with Crippen LogP contribution in [0.25, 0.3) is 0 Å². The van der Waals surface area contributed by atoms with E-state index in [1.54, 1.807) is 12.1 Å². The first-order valence-electron chi connectivity index (χ1n) is 6.30. The minimum Gasteiger partial charge on any atom is -0.506 e. The topological polar surface area (TPSA) is 65.4 Å². The largest absolute Gasteiger partial charge is 0.506 e. The Labute approximate surface area is 112 Å². The molecule has 0 saturated heterocycles.